The normalized spacial score (nSPS) is 10.4. The lowest BCUT2D eigenvalue weighted by atomic mass is 10.0. The topological polar surface area (TPSA) is 244 Å². The van der Waals surface area contributed by atoms with E-state index >= 15 is 0 Å². The lowest BCUT2D eigenvalue weighted by Crippen LogP contribution is -2.13. The number of carbonyl (C=O) groups excluding carboxylic acids is 6. The van der Waals surface area contributed by atoms with Crippen molar-refractivity contribution in [3.05, 3.63) is 188 Å². The predicted molar refractivity (Wildman–Crippen MR) is 271 cm³/mol. The van der Waals surface area contributed by atoms with Crippen molar-refractivity contribution in [2.45, 2.75) is 13.8 Å². The fraction of sp³-hybridized carbons (Fsp3) is 0.0385. The number of phenols is 2. The molecule has 8 aromatic carbocycles. The Hall–Kier alpha value is -9.30. The zero-order valence-corrected chi connectivity index (χ0v) is 38.5. The fourth-order valence-corrected chi connectivity index (χ4v) is 7.25. The summed E-state index contributed by atoms with van der Waals surface area (Å²) in [6.45, 7) is 3.67. The van der Waals surface area contributed by atoms with Gasteiger partial charge in [0.25, 0.3) is 11.8 Å². The van der Waals surface area contributed by atoms with Gasteiger partial charge in [0, 0.05) is 43.7 Å². The van der Waals surface area contributed by atoms with Crippen LogP contribution in [0.15, 0.2) is 150 Å². The SMILES string of the molecule is Cc1cc(Cl)ccc1NC(=O)c1cc2ccccc2c(N=Nc2cc(NC=O)ccc2C=O)c1O.Cc1cc(Cl)ccc1NC(=O)c1cc2ccccc2cc1O.N#[N+]c1cc(NC=O)ccc1C=O. The largest absolute Gasteiger partial charge is 0.507 e. The van der Waals surface area contributed by atoms with Gasteiger partial charge in [0.05, 0.1) is 22.9 Å². The molecule has 4 amide bonds. The maximum absolute atomic E-state index is 13.1. The first-order valence-corrected chi connectivity index (χ1v) is 21.5. The highest BCUT2D eigenvalue weighted by Crippen LogP contribution is 2.40. The minimum atomic E-state index is -0.541. The Morgan fingerprint density at radius 1 is 0.586 bits per heavy atom. The molecule has 0 aliphatic rings. The van der Waals surface area contributed by atoms with Gasteiger partial charge in [-0.15, -0.1) is 10.2 Å². The van der Waals surface area contributed by atoms with Crippen LogP contribution >= 0.6 is 23.2 Å². The minimum absolute atomic E-state index is 0.000942. The summed E-state index contributed by atoms with van der Waals surface area (Å²) in [7, 11) is 0. The first-order chi connectivity index (χ1) is 33.8. The number of carbonyl (C=O) groups is 6. The number of benzene rings is 8. The molecule has 0 fully saturated rings. The highest BCUT2D eigenvalue weighted by molar-refractivity contribution is 6.31. The van der Waals surface area contributed by atoms with Gasteiger partial charge < -0.3 is 31.5 Å². The minimum Gasteiger partial charge on any atom is -0.507 e. The highest BCUT2D eigenvalue weighted by atomic mass is 35.5. The number of amides is 4. The number of hydrogen-bond donors (Lipinski definition) is 6. The number of aldehydes is 2. The van der Waals surface area contributed by atoms with Gasteiger partial charge in [-0.1, -0.05) is 71.7 Å². The molecular weight excluding hydrogens is 936 g/mol. The number of hydrogen-bond acceptors (Lipinski definition) is 11. The summed E-state index contributed by atoms with van der Waals surface area (Å²) in [6, 6.07) is 38.7. The van der Waals surface area contributed by atoms with E-state index in [-0.39, 0.29) is 56.7 Å². The zero-order chi connectivity index (χ0) is 50.3. The van der Waals surface area contributed by atoms with E-state index in [1.807, 2.05) is 31.2 Å². The van der Waals surface area contributed by atoms with Crippen molar-refractivity contribution in [3.8, 4) is 11.5 Å². The number of aromatic hydroxyl groups is 2. The number of fused-ring (bicyclic) bond motifs is 2. The van der Waals surface area contributed by atoms with Crippen LogP contribution < -0.4 is 21.3 Å². The second-order valence-electron chi connectivity index (χ2n) is 15.0. The van der Waals surface area contributed by atoms with Gasteiger partial charge in [-0.2, -0.15) is 0 Å². The van der Waals surface area contributed by atoms with Gasteiger partial charge in [0.2, 0.25) is 18.2 Å². The van der Waals surface area contributed by atoms with Gasteiger partial charge in [-0.25, -0.2) is 0 Å². The molecule has 8 rings (SSSR count). The molecule has 348 valence electrons. The van der Waals surface area contributed by atoms with Crippen LogP contribution in [0.25, 0.3) is 26.5 Å². The number of diazo groups is 1. The molecule has 18 heteroatoms. The van der Waals surface area contributed by atoms with Crippen LogP contribution in [0.5, 0.6) is 11.5 Å². The third-order valence-electron chi connectivity index (χ3n) is 10.4. The smallest absolute Gasteiger partial charge is 0.397 e. The molecule has 0 aliphatic carbocycles. The van der Waals surface area contributed by atoms with Crippen LogP contribution in [-0.2, 0) is 9.59 Å². The van der Waals surface area contributed by atoms with Gasteiger partial charge >= 0.3 is 5.69 Å². The standard InChI is InChI=1S/C26H19ClN4O4.C18H14ClNO2.C8H5N3O2/c1-15-10-18(27)7-9-22(15)29-26(35)21-11-16-4-2-3-5-20(16)24(25(21)34)31-30-23-12-19(28-14-33)8-6-17(23)13-32;1-11-8-14(19)6-7-16(11)20-18(22)15-9-12-4-2-3-5-13(12)10-17(15)21;9-11-8-3-7(10-5-13)2-1-6(8)4-12/h2-14,34H,1H3,(H,28,33)(H,29,35);2-10,21H,1H3,(H,20,22);1-5H/p+1. The Labute approximate surface area is 409 Å². The number of anilines is 4. The van der Waals surface area contributed by atoms with E-state index in [9.17, 15) is 39.0 Å². The molecule has 0 saturated heterocycles. The van der Waals surface area contributed by atoms with Crippen LogP contribution in [0.2, 0.25) is 10.0 Å². The number of nitrogens with zero attached hydrogens (tertiary/aromatic N) is 4. The maximum Gasteiger partial charge on any atom is 0.397 e. The highest BCUT2D eigenvalue weighted by Gasteiger charge is 2.20. The molecule has 0 atom stereocenters. The first-order valence-electron chi connectivity index (χ1n) is 20.7. The Bertz CT molecular complexity index is 3410. The van der Waals surface area contributed by atoms with Gasteiger partial charge in [-0.3, -0.25) is 28.8 Å². The summed E-state index contributed by atoms with van der Waals surface area (Å²) in [4.78, 5) is 71.1. The molecule has 70 heavy (non-hydrogen) atoms. The van der Waals surface area contributed by atoms with Crippen LogP contribution in [-0.4, -0.2) is 47.4 Å². The summed E-state index contributed by atoms with van der Waals surface area (Å²) in [5.74, 6) is -1.30. The lowest BCUT2D eigenvalue weighted by molar-refractivity contribution is -0.106. The second-order valence-corrected chi connectivity index (χ2v) is 15.9. The van der Waals surface area contributed by atoms with Crippen molar-refractivity contribution in [2.75, 3.05) is 21.3 Å². The molecule has 0 aliphatic heterocycles. The third kappa shape index (κ3) is 12.4. The number of aryl methyl sites for hydroxylation is 2. The van der Waals surface area contributed by atoms with Crippen LogP contribution in [0.4, 0.5) is 39.8 Å². The van der Waals surface area contributed by atoms with Crippen molar-refractivity contribution >= 4 is 122 Å². The lowest BCUT2D eigenvalue weighted by Gasteiger charge is -2.12. The number of azo groups is 1. The molecule has 8 aromatic rings. The molecular formula is C52H39Cl2N8O8+. The van der Waals surface area contributed by atoms with Crippen molar-refractivity contribution in [1.29, 1.82) is 5.39 Å². The molecule has 0 spiro atoms. The van der Waals surface area contributed by atoms with Crippen molar-refractivity contribution in [2.24, 2.45) is 10.2 Å². The average Bonchev–Trinajstić information content (AvgIpc) is 3.35. The molecule has 0 heterocycles. The Morgan fingerprint density at radius 3 is 1.66 bits per heavy atom. The molecule has 0 saturated carbocycles. The van der Waals surface area contributed by atoms with Crippen LogP contribution in [0.1, 0.15) is 52.6 Å². The quantitative estimate of drug-likeness (QED) is 0.0387. The summed E-state index contributed by atoms with van der Waals surface area (Å²) in [5.41, 5.74) is 4.83. The fourth-order valence-electron chi connectivity index (χ4n) is 6.80. The van der Waals surface area contributed by atoms with E-state index in [2.05, 4.69) is 36.5 Å². The van der Waals surface area contributed by atoms with E-state index in [0.29, 0.717) is 69.0 Å². The van der Waals surface area contributed by atoms with Gasteiger partial charge in [-0.05, 0) is 126 Å². The average molecular weight is 975 g/mol. The molecule has 6 N–H and O–H groups in total. The van der Waals surface area contributed by atoms with Crippen molar-refractivity contribution in [1.82, 2.24) is 0 Å². The molecule has 0 unspecified atom stereocenters. The van der Waals surface area contributed by atoms with E-state index < -0.39 is 5.91 Å². The summed E-state index contributed by atoms with van der Waals surface area (Å²) < 4.78 is 0. The van der Waals surface area contributed by atoms with E-state index in [1.54, 1.807) is 91.9 Å². The van der Waals surface area contributed by atoms with Crippen LogP contribution in [0.3, 0.4) is 0 Å². The van der Waals surface area contributed by atoms with Gasteiger partial charge in [0.15, 0.2) is 23.3 Å². The molecule has 16 nitrogen and oxygen atoms in total. The summed E-state index contributed by atoms with van der Waals surface area (Å²) >= 11 is 11.9. The second kappa shape index (κ2) is 23.4. The Kier molecular flexibility index (Phi) is 16.8. The predicted octanol–water partition coefficient (Wildman–Crippen LogP) is 12.9. The monoisotopic (exact) mass is 973 g/mol. The van der Waals surface area contributed by atoms with Crippen LogP contribution in [0, 0.1) is 19.2 Å². The maximum atomic E-state index is 13.1. The number of rotatable bonds is 12. The number of nitrogens with one attached hydrogen (secondary N) is 4. The Balaban J connectivity index is 0.000000194. The third-order valence-corrected chi connectivity index (χ3v) is 10.8. The van der Waals surface area contributed by atoms with E-state index in [1.165, 1.54) is 30.3 Å². The van der Waals surface area contributed by atoms with Crippen molar-refractivity contribution in [3.63, 3.8) is 0 Å². The first kappa shape index (κ1) is 50.1. The van der Waals surface area contributed by atoms with E-state index in [0.717, 1.165) is 21.9 Å². The zero-order valence-electron chi connectivity index (χ0n) is 37.0. The summed E-state index contributed by atoms with van der Waals surface area (Å²) in [5, 5.41) is 52.5. The Morgan fingerprint density at radius 2 is 1.10 bits per heavy atom. The number of halogens is 2. The molecule has 0 radical (unpaired) electrons. The van der Waals surface area contributed by atoms with Crippen molar-refractivity contribution < 1.29 is 39.0 Å². The van der Waals surface area contributed by atoms with E-state index in [4.69, 9.17) is 28.6 Å². The molecule has 0 bridgehead atoms. The van der Waals surface area contributed by atoms with Gasteiger partial charge in [0.1, 0.15) is 17.0 Å². The number of phenolic OH excluding ortho intramolecular Hbond substituents is 2. The summed E-state index contributed by atoms with van der Waals surface area (Å²) in [6.07, 6.45) is 2.17. The molecule has 0 aromatic heterocycles.